The van der Waals surface area contributed by atoms with Gasteiger partial charge < -0.3 is 9.13 Å². The van der Waals surface area contributed by atoms with Crippen molar-refractivity contribution in [3.8, 4) is 22.5 Å². The molecule has 4 aromatic heterocycles. The van der Waals surface area contributed by atoms with Crippen molar-refractivity contribution < 1.29 is 0 Å². The summed E-state index contributed by atoms with van der Waals surface area (Å²) in [6, 6.07) is 62.8. The molecule has 8 aromatic carbocycles. The Kier molecular flexibility index (Phi) is 5.84. The van der Waals surface area contributed by atoms with E-state index in [4.69, 9.17) is 0 Å². The highest BCUT2D eigenvalue weighted by atomic mass is 32.1. The molecule has 0 aliphatic carbocycles. The average molecular weight is 697 g/mol. The zero-order chi connectivity index (χ0) is 33.9. The van der Waals surface area contributed by atoms with Crippen LogP contribution in [-0.4, -0.2) is 9.13 Å². The lowest BCUT2D eigenvalue weighted by Crippen LogP contribution is -1.97. The van der Waals surface area contributed by atoms with E-state index in [2.05, 4.69) is 179 Å². The van der Waals surface area contributed by atoms with Crippen LogP contribution in [0.3, 0.4) is 0 Å². The fraction of sp³-hybridized carbons (Fsp3) is 0. The summed E-state index contributed by atoms with van der Waals surface area (Å²) >= 11 is 3.79. The Morgan fingerprint density at radius 3 is 1.58 bits per heavy atom. The molecule has 52 heavy (non-hydrogen) atoms. The largest absolute Gasteiger partial charge is 0.309 e. The van der Waals surface area contributed by atoms with Gasteiger partial charge in [0.15, 0.2) is 0 Å². The van der Waals surface area contributed by atoms with E-state index in [1.54, 1.807) is 0 Å². The molecule has 12 aromatic rings. The van der Waals surface area contributed by atoms with Crippen LogP contribution in [0.4, 0.5) is 0 Å². The van der Waals surface area contributed by atoms with Crippen LogP contribution in [0.25, 0.3) is 106 Å². The molecule has 0 saturated heterocycles. The van der Waals surface area contributed by atoms with E-state index >= 15 is 0 Å². The highest BCUT2D eigenvalue weighted by Crippen LogP contribution is 2.45. The van der Waals surface area contributed by atoms with E-state index in [1.165, 1.54) is 95.1 Å². The molecule has 242 valence electrons. The molecule has 2 nitrogen and oxygen atoms in total. The van der Waals surface area contributed by atoms with Crippen LogP contribution in [-0.2, 0) is 0 Å². The van der Waals surface area contributed by atoms with Crippen molar-refractivity contribution in [3.63, 3.8) is 0 Å². The predicted molar refractivity (Wildman–Crippen MR) is 226 cm³/mol. The maximum absolute atomic E-state index is 2.48. The van der Waals surface area contributed by atoms with Gasteiger partial charge in [-0.3, -0.25) is 0 Å². The minimum atomic E-state index is 1.16. The Bertz CT molecular complexity index is 3350. The fourth-order valence-electron chi connectivity index (χ4n) is 8.65. The first kappa shape index (κ1) is 28.5. The first-order valence-corrected chi connectivity index (χ1v) is 19.3. The molecule has 0 aliphatic heterocycles. The van der Waals surface area contributed by atoms with Gasteiger partial charge in [-0.25, -0.2) is 0 Å². The summed E-state index contributed by atoms with van der Waals surface area (Å²) in [6.07, 6.45) is 0. The molecule has 0 spiro atoms. The fourth-order valence-corrected chi connectivity index (χ4v) is 11.2. The number of thiophene rings is 2. The van der Waals surface area contributed by atoms with E-state index in [0.717, 1.165) is 11.4 Å². The quantitative estimate of drug-likeness (QED) is 0.174. The second kappa shape index (κ2) is 10.7. The molecule has 0 atom stereocenters. The summed E-state index contributed by atoms with van der Waals surface area (Å²) in [7, 11) is 0. The standard InChI is InChI=1S/C48H28N2S2/c1-5-16-40-33(10-1)34-11-2-6-17-41(34)50(40)31-24-25-39-43(28-31)49(42-27-26-38-36-13-4-8-19-45(36)52-48(38)46(39)42)30-22-20-29(21-23-30)32-14-9-15-37-35-12-3-7-18-44(35)51-47(32)37/h1-28H. The van der Waals surface area contributed by atoms with Crippen molar-refractivity contribution in [2.24, 2.45) is 0 Å². The van der Waals surface area contributed by atoms with Crippen LogP contribution >= 0.6 is 22.7 Å². The van der Waals surface area contributed by atoms with E-state index in [9.17, 15) is 0 Å². The van der Waals surface area contributed by atoms with E-state index in [-0.39, 0.29) is 0 Å². The van der Waals surface area contributed by atoms with Crippen molar-refractivity contribution in [3.05, 3.63) is 170 Å². The van der Waals surface area contributed by atoms with Crippen molar-refractivity contribution in [2.45, 2.75) is 0 Å². The number of nitrogens with zero attached hydrogens (tertiary/aromatic N) is 2. The number of benzene rings is 8. The molecule has 0 amide bonds. The lowest BCUT2D eigenvalue weighted by atomic mass is 10.0. The summed E-state index contributed by atoms with van der Waals surface area (Å²) in [5.41, 5.74) is 9.72. The summed E-state index contributed by atoms with van der Waals surface area (Å²) < 4.78 is 10.3. The number of rotatable bonds is 3. The Morgan fingerprint density at radius 1 is 0.327 bits per heavy atom. The van der Waals surface area contributed by atoms with Crippen molar-refractivity contribution in [1.29, 1.82) is 0 Å². The topological polar surface area (TPSA) is 9.86 Å². The lowest BCUT2D eigenvalue weighted by molar-refractivity contribution is 1.16. The minimum absolute atomic E-state index is 1.16. The van der Waals surface area contributed by atoms with E-state index < -0.39 is 0 Å². The lowest BCUT2D eigenvalue weighted by Gasteiger charge is -2.12. The maximum Gasteiger partial charge on any atom is 0.0562 e. The highest BCUT2D eigenvalue weighted by Gasteiger charge is 2.20. The molecule has 0 N–H and O–H groups in total. The molecule has 0 unspecified atom stereocenters. The smallest absolute Gasteiger partial charge is 0.0562 e. The van der Waals surface area contributed by atoms with Crippen LogP contribution < -0.4 is 0 Å². The van der Waals surface area contributed by atoms with Gasteiger partial charge in [0.05, 0.1) is 22.1 Å². The monoisotopic (exact) mass is 696 g/mol. The van der Waals surface area contributed by atoms with Crippen LogP contribution in [0, 0.1) is 0 Å². The SMILES string of the molecule is c1ccc2c(c1)sc1c(-c3ccc(-n4c5cc(-n6c7ccccc7c7ccccc76)ccc5c5c6sc7ccccc7c6ccc54)cc3)cccc12. The van der Waals surface area contributed by atoms with E-state index in [0.29, 0.717) is 0 Å². The molecule has 0 aliphatic rings. The van der Waals surface area contributed by atoms with Gasteiger partial charge in [-0.2, -0.15) is 0 Å². The first-order valence-electron chi connectivity index (χ1n) is 17.7. The number of hydrogen-bond donors (Lipinski definition) is 0. The first-order chi connectivity index (χ1) is 25.8. The third-order valence-corrected chi connectivity index (χ3v) is 13.4. The molecule has 12 rings (SSSR count). The Morgan fingerprint density at radius 2 is 0.865 bits per heavy atom. The molecule has 0 bridgehead atoms. The summed E-state index contributed by atoms with van der Waals surface area (Å²) in [6.45, 7) is 0. The van der Waals surface area contributed by atoms with Gasteiger partial charge in [0, 0.05) is 73.3 Å². The highest BCUT2D eigenvalue weighted by molar-refractivity contribution is 7.27. The second-order valence-corrected chi connectivity index (χ2v) is 15.8. The zero-order valence-corrected chi connectivity index (χ0v) is 29.5. The van der Waals surface area contributed by atoms with Crippen molar-refractivity contribution in [1.82, 2.24) is 9.13 Å². The van der Waals surface area contributed by atoms with Crippen LogP contribution in [0.2, 0.25) is 0 Å². The van der Waals surface area contributed by atoms with Gasteiger partial charge in [-0.15, -0.1) is 22.7 Å². The molecular weight excluding hydrogens is 669 g/mol. The van der Waals surface area contributed by atoms with Crippen LogP contribution in [0.15, 0.2) is 170 Å². The third kappa shape index (κ3) is 3.88. The van der Waals surface area contributed by atoms with E-state index in [1.807, 2.05) is 22.7 Å². The van der Waals surface area contributed by atoms with Gasteiger partial charge in [-0.1, -0.05) is 115 Å². The maximum atomic E-state index is 2.48. The predicted octanol–water partition coefficient (Wildman–Crippen LogP) is 14.3. The van der Waals surface area contributed by atoms with Crippen molar-refractivity contribution in [2.75, 3.05) is 0 Å². The van der Waals surface area contributed by atoms with Crippen LogP contribution in [0.5, 0.6) is 0 Å². The van der Waals surface area contributed by atoms with Gasteiger partial charge in [0.2, 0.25) is 0 Å². The second-order valence-electron chi connectivity index (χ2n) is 13.7. The van der Waals surface area contributed by atoms with Gasteiger partial charge in [0.1, 0.15) is 0 Å². The third-order valence-electron chi connectivity index (χ3n) is 10.9. The summed E-state index contributed by atoms with van der Waals surface area (Å²) in [4.78, 5) is 0. The molecular formula is C48H28N2S2. The van der Waals surface area contributed by atoms with Crippen LogP contribution in [0.1, 0.15) is 0 Å². The van der Waals surface area contributed by atoms with Gasteiger partial charge in [-0.05, 0) is 65.7 Å². The summed E-state index contributed by atoms with van der Waals surface area (Å²) in [5, 5.41) is 10.5. The number of para-hydroxylation sites is 2. The minimum Gasteiger partial charge on any atom is -0.309 e. The Balaban J connectivity index is 1.12. The summed E-state index contributed by atoms with van der Waals surface area (Å²) in [5.74, 6) is 0. The number of hydrogen-bond acceptors (Lipinski definition) is 2. The Hall–Kier alpha value is -6.20. The number of aromatic nitrogens is 2. The van der Waals surface area contributed by atoms with Gasteiger partial charge in [0.25, 0.3) is 0 Å². The van der Waals surface area contributed by atoms with Gasteiger partial charge >= 0.3 is 0 Å². The Labute approximate surface area is 306 Å². The molecule has 4 heterocycles. The normalized spacial score (nSPS) is 12.2. The molecule has 0 radical (unpaired) electrons. The average Bonchev–Trinajstić information content (AvgIpc) is 3.95. The van der Waals surface area contributed by atoms with Crippen molar-refractivity contribution >= 4 is 107 Å². The molecule has 4 heteroatoms. The number of fused-ring (bicyclic) bond motifs is 13. The molecule has 0 fully saturated rings. The zero-order valence-electron chi connectivity index (χ0n) is 27.9. The molecule has 0 saturated carbocycles.